The second kappa shape index (κ2) is 9.73. The van der Waals surface area contributed by atoms with E-state index < -0.39 is 0 Å². The molecular weight excluding hydrogens is 498 g/mol. The Kier molecular flexibility index (Phi) is 6.80. The minimum absolute atomic E-state index is 0.219. The summed E-state index contributed by atoms with van der Waals surface area (Å²) in [4.78, 5) is 26.8. The maximum Gasteiger partial charge on any atom is 0.293 e. The fraction of sp³-hybridized carbons (Fsp3) is 0.0833. The van der Waals surface area contributed by atoms with Gasteiger partial charge in [-0.25, -0.2) is 0 Å². The lowest BCUT2D eigenvalue weighted by Gasteiger charge is -2.13. The number of carbonyl (C=O) groups is 2. The maximum atomic E-state index is 12.8. The molecule has 1 saturated heterocycles. The number of thioether (sulfide) groups is 1. The summed E-state index contributed by atoms with van der Waals surface area (Å²) in [7, 11) is 0. The van der Waals surface area contributed by atoms with Crippen molar-refractivity contribution in [1.82, 2.24) is 4.90 Å². The SMILES string of the molecule is O=C1S/C(=C\c2ccc(OCc3ccccc3)c(Cl)c2)C(=O)N1Cc1ccccc1Br. The van der Waals surface area contributed by atoms with Crippen molar-refractivity contribution < 1.29 is 14.3 Å². The van der Waals surface area contributed by atoms with Gasteiger partial charge in [0.2, 0.25) is 0 Å². The van der Waals surface area contributed by atoms with Gasteiger partial charge in [-0.3, -0.25) is 14.5 Å². The second-order valence-electron chi connectivity index (χ2n) is 6.82. The molecule has 7 heteroatoms. The molecule has 1 aliphatic heterocycles. The number of rotatable bonds is 6. The summed E-state index contributed by atoms with van der Waals surface area (Å²) in [6, 6.07) is 22.6. The third kappa shape index (κ3) is 5.21. The Hall–Kier alpha value is -2.54. The van der Waals surface area contributed by atoms with Crippen molar-refractivity contribution in [3.05, 3.63) is 104 Å². The summed E-state index contributed by atoms with van der Waals surface area (Å²) < 4.78 is 6.65. The number of imide groups is 1. The van der Waals surface area contributed by atoms with Gasteiger partial charge in [0.25, 0.3) is 11.1 Å². The van der Waals surface area contributed by atoms with Gasteiger partial charge >= 0.3 is 0 Å². The lowest BCUT2D eigenvalue weighted by molar-refractivity contribution is -0.123. The van der Waals surface area contributed by atoms with Gasteiger partial charge in [-0.05, 0) is 52.7 Å². The average molecular weight is 515 g/mol. The molecule has 31 heavy (non-hydrogen) atoms. The molecule has 0 N–H and O–H groups in total. The third-order valence-electron chi connectivity index (χ3n) is 4.65. The smallest absolute Gasteiger partial charge is 0.293 e. The third-order valence-corrected chi connectivity index (χ3v) is 6.63. The van der Waals surface area contributed by atoms with Crippen LogP contribution in [0.15, 0.2) is 82.2 Å². The van der Waals surface area contributed by atoms with Crippen molar-refractivity contribution in [2.24, 2.45) is 0 Å². The number of carbonyl (C=O) groups excluding carboxylic acids is 2. The van der Waals surface area contributed by atoms with Crippen LogP contribution in [0.4, 0.5) is 4.79 Å². The van der Waals surface area contributed by atoms with Crippen molar-refractivity contribution in [1.29, 1.82) is 0 Å². The number of nitrogens with zero attached hydrogens (tertiary/aromatic N) is 1. The van der Waals surface area contributed by atoms with E-state index in [1.54, 1.807) is 18.2 Å². The largest absolute Gasteiger partial charge is 0.487 e. The van der Waals surface area contributed by atoms with E-state index in [9.17, 15) is 9.59 Å². The van der Waals surface area contributed by atoms with Crippen LogP contribution in [-0.4, -0.2) is 16.0 Å². The van der Waals surface area contributed by atoms with Gasteiger partial charge in [-0.2, -0.15) is 0 Å². The second-order valence-corrected chi connectivity index (χ2v) is 9.08. The first-order chi connectivity index (χ1) is 15.0. The van der Waals surface area contributed by atoms with Gasteiger partial charge in [0, 0.05) is 4.47 Å². The topological polar surface area (TPSA) is 46.6 Å². The Morgan fingerprint density at radius 1 is 1.00 bits per heavy atom. The molecule has 3 aromatic carbocycles. The summed E-state index contributed by atoms with van der Waals surface area (Å²) in [6.07, 6.45) is 1.68. The zero-order chi connectivity index (χ0) is 21.8. The molecule has 0 aromatic heterocycles. The van der Waals surface area contributed by atoms with Crippen molar-refractivity contribution in [3.8, 4) is 5.75 Å². The van der Waals surface area contributed by atoms with Gasteiger partial charge in [-0.1, -0.05) is 82.1 Å². The summed E-state index contributed by atoms with van der Waals surface area (Å²) in [5, 5.41) is 0.151. The number of benzene rings is 3. The van der Waals surface area contributed by atoms with E-state index in [0.29, 0.717) is 22.3 Å². The predicted molar refractivity (Wildman–Crippen MR) is 128 cm³/mol. The lowest BCUT2D eigenvalue weighted by atomic mass is 10.2. The molecule has 0 bridgehead atoms. The van der Waals surface area contributed by atoms with Crippen LogP contribution in [-0.2, 0) is 17.9 Å². The van der Waals surface area contributed by atoms with Crippen molar-refractivity contribution in [3.63, 3.8) is 0 Å². The molecule has 156 valence electrons. The first-order valence-electron chi connectivity index (χ1n) is 9.46. The van der Waals surface area contributed by atoms with Crippen molar-refractivity contribution in [2.75, 3.05) is 0 Å². The molecule has 0 atom stereocenters. The normalized spacial score (nSPS) is 15.0. The first kappa shape index (κ1) is 21.7. The number of amides is 2. The van der Waals surface area contributed by atoms with Crippen LogP contribution in [0.25, 0.3) is 6.08 Å². The summed E-state index contributed by atoms with van der Waals surface area (Å²) in [6.45, 7) is 0.629. The fourth-order valence-corrected chi connectivity index (χ4v) is 4.54. The number of hydrogen-bond acceptors (Lipinski definition) is 4. The Bertz CT molecular complexity index is 1170. The van der Waals surface area contributed by atoms with E-state index >= 15 is 0 Å². The molecule has 1 fully saturated rings. The number of halogens is 2. The highest BCUT2D eigenvalue weighted by Crippen LogP contribution is 2.35. The van der Waals surface area contributed by atoms with E-state index in [4.69, 9.17) is 16.3 Å². The van der Waals surface area contributed by atoms with E-state index in [-0.39, 0.29) is 17.7 Å². The van der Waals surface area contributed by atoms with Gasteiger partial charge < -0.3 is 4.74 Å². The molecule has 0 radical (unpaired) electrons. The summed E-state index contributed by atoms with van der Waals surface area (Å²) >= 11 is 10.8. The molecule has 0 spiro atoms. The highest BCUT2D eigenvalue weighted by Gasteiger charge is 2.35. The first-order valence-corrected chi connectivity index (χ1v) is 11.4. The Labute approximate surface area is 198 Å². The fourth-order valence-electron chi connectivity index (χ4n) is 3.04. The highest BCUT2D eigenvalue weighted by atomic mass is 79.9. The van der Waals surface area contributed by atoms with E-state index in [2.05, 4.69) is 15.9 Å². The molecule has 3 aromatic rings. The average Bonchev–Trinajstić information content (AvgIpc) is 3.03. The van der Waals surface area contributed by atoms with E-state index in [0.717, 1.165) is 32.9 Å². The lowest BCUT2D eigenvalue weighted by Crippen LogP contribution is -2.27. The van der Waals surface area contributed by atoms with Gasteiger partial charge in [0.15, 0.2) is 0 Å². The molecule has 1 heterocycles. The van der Waals surface area contributed by atoms with Crippen LogP contribution >= 0.6 is 39.3 Å². The Balaban J connectivity index is 1.47. The van der Waals surface area contributed by atoms with Crippen molar-refractivity contribution in [2.45, 2.75) is 13.2 Å². The minimum Gasteiger partial charge on any atom is -0.487 e. The monoisotopic (exact) mass is 513 g/mol. The molecule has 4 nitrogen and oxygen atoms in total. The van der Waals surface area contributed by atoms with E-state index in [1.165, 1.54) is 4.90 Å². The van der Waals surface area contributed by atoms with Crippen LogP contribution in [0.1, 0.15) is 16.7 Å². The zero-order valence-corrected chi connectivity index (χ0v) is 19.4. The number of hydrogen-bond donors (Lipinski definition) is 0. The maximum absolute atomic E-state index is 12.8. The predicted octanol–water partition coefficient (Wildman–Crippen LogP) is 6.92. The van der Waals surface area contributed by atoms with Crippen LogP contribution < -0.4 is 4.74 Å². The van der Waals surface area contributed by atoms with Gasteiger partial charge in [0.05, 0.1) is 16.5 Å². The van der Waals surface area contributed by atoms with Gasteiger partial charge in [-0.15, -0.1) is 0 Å². The van der Waals surface area contributed by atoms with Gasteiger partial charge in [0.1, 0.15) is 12.4 Å². The Morgan fingerprint density at radius 2 is 1.74 bits per heavy atom. The summed E-state index contributed by atoms with van der Waals surface area (Å²) in [5.74, 6) is 0.246. The molecule has 0 unspecified atom stereocenters. The molecule has 0 aliphatic carbocycles. The molecule has 4 rings (SSSR count). The van der Waals surface area contributed by atoms with E-state index in [1.807, 2.05) is 60.7 Å². The number of ether oxygens (including phenoxy) is 1. The quantitative estimate of drug-likeness (QED) is 0.335. The molecular formula is C24H17BrClNO3S. The highest BCUT2D eigenvalue weighted by molar-refractivity contribution is 9.10. The van der Waals surface area contributed by atoms with Crippen molar-refractivity contribution >= 4 is 56.5 Å². The van der Waals surface area contributed by atoms with Crippen LogP contribution in [0.3, 0.4) is 0 Å². The minimum atomic E-state index is -0.314. The standard InChI is InChI=1S/C24H17BrClNO3S/c25-19-9-5-4-8-18(19)14-27-23(28)22(31-24(27)29)13-17-10-11-21(20(26)12-17)30-15-16-6-2-1-3-7-16/h1-13H,14-15H2/b22-13-. The van der Waals surface area contributed by atoms with Crippen LogP contribution in [0.2, 0.25) is 5.02 Å². The molecule has 0 saturated carbocycles. The van der Waals surface area contributed by atoms with Crippen LogP contribution in [0.5, 0.6) is 5.75 Å². The Morgan fingerprint density at radius 3 is 2.48 bits per heavy atom. The summed E-state index contributed by atoms with van der Waals surface area (Å²) in [5.41, 5.74) is 2.64. The van der Waals surface area contributed by atoms with Crippen LogP contribution in [0, 0.1) is 0 Å². The molecule has 1 aliphatic rings. The molecule has 2 amide bonds. The zero-order valence-electron chi connectivity index (χ0n) is 16.3.